The van der Waals surface area contributed by atoms with Gasteiger partial charge in [0, 0.05) is 28.2 Å². The van der Waals surface area contributed by atoms with E-state index in [1.165, 1.54) is 11.3 Å². The number of aromatic nitrogens is 1. The van der Waals surface area contributed by atoms with E-state index in [9.17, 15) is 0 Å². The fourth-order valence-corrected chi connectivity index (χ4v) is 2.20. The number of hydrogen-bond acceptors (Lipinski definition) is 0. The molecule has 1 heterocycles. The van der Waals surface area contributed by atoms with Crippen molar-refractivity contribution in [2.24, 2.45) is 7.05 Å². The highest BCUT2D eigenvalue weighted by atomic mass is 14.9. The first-order valence-corrected chi connectivity index (χ1v) is 5.79. The summed E-state index contributed by atoms with van der Waals surface area (Å²) in [6, 6.07) is 9.58. The van der Waals surface area contributed by atoms with Gasteiger partial charge in [0.25, 0.3) is 0 Å². The first-order chi connectivity index (χ1) is 9.21. The molecular formula is C16H20N+. The number of benzene rings is 1. The Labute approximate surface area is 108 Å². The Bertz CT molecular complexity index is 658. The maximum absolute atomic E-state index is 7.49. The minimum Gasteiger partial charge on any atom is -0.198 e. The third kappa shape index (κ3) is 2.10. The molecule has 0 N–H and O–H groups in total. The van der Waals surface area contributed by atoms with Crippen LogP contribution in [0, 0.1) is 27.6 Å². The molecule has 0 saturated heterocycles. The fraction of sp³-hybridized carbons (Fsp3) is 0.312. The van der Waals surface area contributed by atoms with E-state index in [0.29, 0.717) is 5.56 Å². The van der Waals surface area contributed by atoms with Crippen LogP contribution in [0.25, 0.3) is 11.3 Å². The number of aryl methyl sites for hydroxylation is 4. The number of rotatable bonds is 1. The molecule has 1 heteroatoms. The van der Waals surface area contributed by atoms with E-state index in [-0.39, 0.29) is 0 Å². The van der Waals surface area contributed by atoms with Gasteiger partial charge in [-0.1, -0.05) is 17.7 Å². The zero-order valence-electron chi connectivity index (χ0n) is 13.8. The molecule has 0 radical (unpaired) electrons. The normalized spacial score (nSPS) is 14.0. The van der Waals surface area contributed by atoms with Crippen molar-refractivity contribution in [2.75, 3.05) is 0 Å². The van der Waals surface area contributed by atoms with Crippen molar-refractivity contribution in [1.29, 1.82) is 0 Å². The first-order valence-electron chi connectivity index (χ1n) is 7.29. The van der Waals surface area contributed by atoms with Crippen LogP contribution in [-0.4, -0.2) is 0 Å². The fourth-order valence-electron chi connectivity index (χ4n) is 2.20. The monoisotopic (exact) mass is 229 g/mol. The van der Waals surface area contributed by atoms with Crippen LogP contribution in [0.3, 0.4) is 0 Å². The van der Waals surface area contributed by atoms with Gasteiger partial charge in [-0.05, 0) is 38.4 Å². The van der Waals surface area contributed by atoms with Crippen LogP contribution in [0.2, 0.25) is 0 Å². The number of hydrogen-bond donors (Lipinski definition) is 0. The summed E-state index contributed by atoms with van der Waals surface area (Å²) in [4.78, 5) is 0. The van der Waals surface area contributed by atoms with Crippen LogP contribution in [0.5, 0.6) is 0 Å². The van der Waals surface area contributed by atoms with Gasteiger partial charge in [-0.2, -0.15) is 4.57 Å². The van der Waals surface area contributed by atoms with Crippen molar-refractivity contribution >= 4 is 0 Å². The van der Waals surface area contributed by atoms with Crippen LogP contribution < -0.4 is 4.57 Å². The van der Waals surface area contributed by atoms with Crippen molar-refractivity contribution in [2.45, 2.75) is 27.6 Å². The lowest BCUT2D eigenvalue weighted by Crippen LogP contribution is -2.35. The Morgan fingerprint density at radius 2 is 1.76 bits per heavy atom. The summed E-state index contributed by atoms with van der Waals surface area (Å²) >= 11 is 0. The van der Waals surface area contributed by atoms with Gasteiger partial charge in [-0.15, -0.1) is 0 Å². The van der Waals surface area contributed by atoms with Crippen LogP contribution in [0.1, 0.15) is 26.5 Å². The van der Waals surface area contributed by atoms with Crippen LogP contribution in [0.15, 0.2) is 30.3 Å². The molecule has 88 valence electrons. The average Bonchev–Trinajstić information content (AvgIpc) is 2.35. The van der Waals surface area contributed by atoms with Crippen molar-refractivity contribution in [3.05, 3.63) is 52.7 Å². The lowest BCUT2D eigenvalue weighted by molar-refractivity contribution is -0.667. The second kappa shape index (κ2) is 4.33. The summed E-state index contributed by atoms with van der Waals surface area (Å²) in [7, 11) is 2.04. The molecule has 0 atom stereocenters. The number of pyridine rings is 1. The minimum absolute atomic E-state index is 0.395. The maximum Gasteiger partial charge on any atom is 0.215 e. The lowest BCUT2D eigenvalue weighted by Gasteiger charge is -2.09. The average molecular weight is 229 g/mol. The van der Waals surface area contributed by atoms with Crippen molar-refractivity contribution < 1.29 is 8.68 Å². The molecule has 0 aliphatic rings. The van der Waals surface area contributed by atoms with E-state index < -0.39 is 6.85 Å². The van der Waals surface area contributed by atoms with Crippen LogP contribution in [0.4, 0.5) is 0 Å². The molecule has 0 fully saturated rings. The van der Waals surface area contributed by atoms with E-state index in [1.54, 1.807) is 12.1 Å². The topological polar surface area (TPSA) is 3.88 Å². The van der Waals surface area contributed by atoms with Gasteiger partial charge in [0.05, 0.1) is 0 Å². The maximum atomic E-state index is 7.49. The summed E-state index contributed by atoms with van der Waals surface area (Å²) in [6.07, 6.45) is 0. The van der Waals surface area contributed by atoms with E-state index in [1.807, 2.05) is 20.0 Å². The predicted molar refractivity (Wildman–Crippen MR) is 72.0 cm³/mol. The molecule has 1 nitrogen and oxygen atoms in total. The van der Waals surface area contributed by atoms with Gasteiger partial charge in [0.15, 0.2) is 5.69 Å². The van der Waals surface area contributed by atoms with Crippen molar-refractivity contribution in [1.82, 2.24) is 0 Å². The number of nitrogens with zero attached hydrogens (tertiary/aromatic N) is 1. The molecule has 0 amide bonds. The largest absolute Gasteiger partial charge is 0.215 e. The summed E-state index contributed by atoms with van der Waals surface area (Å²) in [5.74, 6) is 0. The Kier molecular flexibility index (Phi) is 2.15. The Morgan fingerprint density at radius 3 is 2.41 bits per heavy atom. The molecule has 0 bridgehead atoms. The highest BCUT2D eigenvalue weighted by Crippen LogP contribution is 2.24. The third-order valence-corrected chi connectivity index (χ3v) is 3.29. The quantitative estimate of drug-likeness (QED) is 0.660. The van der Waals surface area contributed by atoms with E-state index in [0.717, 1.165) is 16.8 Å². The zero-order chi connectivity index (χ0) is 15.1. The second-order valence-electron chi connectivity index (χ2n) is 4.60. The summed E-state index contributed by atoms with van der Waals surface area (Å²) in [5.41, 5.74) is 5.96. The first kappa shape index (κ1) is 8.46. The van der Waals surface area contributed by atoms with E-state index >= 15 is 0 Å². The summed E-state index contributed by atoms with van der Waals surface area (Å²) < 4.78 is 24.6. The minimum atomic E-state index is -2.05. The van der Waals surface area contributed by atoms with E-state index in [4.69, 9.17) is 4.11 Å². The summed E-state index contributed by atoms with van der Waals surface area (Å²) in [5, 5.41) is 0. The van der Waals surface area contributed by atoms with Crippen LogP contribution >= 0.6 is 0 Å². The lowest BCUT2D eigenvalue weighted by atomic mass is 9.99. The Hall–Kier alpha value is -1.63. The van der Waals surface area contributed by atoms with Gasteiger partial charge in [-0.25, -0.2) is 0 Å². The van der Waals surface area contributed by atoms with Gasteiger partial charge in [0.2, 0.25) is 5.69 Å². The smallest absolute Gasteiger partial charge is 0.198 e. The van der Waals surface area contributed by atoms with Crippen molar-refractivity contribution in [3.63, 3.8) is 0 Å². The predicted octanol–water partition coefficient (Wildman–Crippen LogP) is 3.41. The molecule has 2 aromatic rings. The molecule has 0 aliphatic carbocycles. The molecule has 0 spiro atoms. The third-order valence-electron chi connectivity index (χ3n) is 3.29. The highest BCUT2D eigenvalue weighted by molar-refractivity contribution is 5.64. The molecule has 2 rings (SSSR count). The van der Waals surface area contributed by atoms with Gasteiger partial charge >= 0.3 is 0 Å². The van der Waals surface area contributed by atoms with Gasteiger partial charge in [-0.3, -0.25) is 0 Å². The van der Waals surface area contributed by atoms with E-state index in [2.05, 4.69) is 30.5 Å². The molecular weight excluding hydrogens is 206 g/mol. The Balaban J connectivity index is 2.64. The van der Waals surface area contributed by atoms with Gasteiger partial charge < -0.3 is 0 Å². The summed E-state index contributed by atoms with van der Waals surface area (Å²) in [6.45, 7) is 4.06. The molecule has 0 saturated carbocycles. The molecule has 17 heavy (non-hydrogen) atoms. The SMILES string of the molecule is [2H]C([2H])([2H])c1ccc(-c2c(C)ccc(C)[n+]2C)c(C)c1. The molecule has 1 aromatic heterocycles. The van der Waals surface area contributed by atoms with Gasteiger partial charge in [0.1, 0.15) is 7.05 Å². The molecule has 0 aliphatic heterocycles. The Morgan fingerprint density at radius 1 is 1.00 bits per heavy atom. The highest BCUT2D eigenvalue weighted by Gasteiger charge is 2.17. The second-order valence-corrected chi connectivity index (χ2v) is 4.60. The zero-order valence-corrected chi connectivity index (χ0v) is 10.8. The molecule has 0 unspecified atom stereocenters. The van der Waals surface area contributed by atoms with Crippen LogP contribution in [-0.2, 0) is 7.05 Å². The standard InChI is InChI=1S/C16H20N/c1-11-6-9-15(13(3)10-11)16-12(2)7-8-14(4)17(16)5/h6-10H,1-5H3/q+1/i1D3. The molecule has 1 aromatic carbocycles. The van der Waals surface area contributed by atoms with Crippen molar-refractivity contribution in [3.8, 4) is 11.3 Å².